The molecule has 0 rings (SSSR count). The van der Waals surface area contributed by atoms with Gasteiger partial charge in [0, 0.05) is 0 Å². The fraction of sp³-hybridized carbons (Fsp3) is 0.500. The first kappa shape index (κ1) is 11.6. The van der Waals surface area contributed by atoms with E-state index in [1.165, 1.54) is 0 Å². The quantitative estimate of drug-likeness (QED) is 0.589. The molecule has 0 fully saturated rings. The van der Waals surface area contributed by atoms with Gasteiger partial charge in [-0.2, -0.15) is 0 Å². The van der Waals surface area contributed by atoms with Crippen LogP contribution in [-0.4, -0.2) is 40.2 Å². The van der Waals surface area contributed by atoms with Crippen molar-refractivity contribution in [2.75, 3.05) is 0 Å². The van der Waals surface area contributed by atoms with Gasteiger partial charge in [-0.15, -0.1) is 0 Å². The third-order valence-electron chi connectivity index (χ3n) is 1.72. The van der Waals surface area contributed by atoms with Gasteiger partial charge in [0.1, 0.15) is 0 Å². The van der Waals surface area contributed by atoms with Gasteiger partial charge >= 0.3 is 8.07 Å². The Morgan fingerprint density at radius 2 is 1.31 bits per heavy atom. The van der Waals surface area contributed by atoms with E-state index in [1.807, 2.05) is 0 Å². The van der Waals surface area contributed by atoms with Crippen molar-refractivity contribution in [1.29, 1.82) is 0 Å². The van der Waals surface area contributed by atoms with Crippen LogP contribution in [0.5, 0.6) is 0 Å². The van der Waals surface area contributed by atoms with E-state index in [0.717, 1.165) is 0 Å². The smallest absolute Gasteiger partial charge is 0.430 e. The average molecular weight is 206 g/mol. The maximum atomic E-state index is 10.6. The maximum Gasteiger partial charge on any atom is 0.430 e. The fourth-order valence-electron chi connectivity index (χ4n) is 0.970. The molecule has 0 spiro atoms. The highest BCUT2D eigenvalue weighted by molar-refractivity contribution is 7.38. The average Bonchev–Trinajstić information content (AvgIpc) is 1.97. The molecule has 6 nitrogen and oxygen atoms in total. The summed E-state index contributed by atoms with van der Waals surface area (Å²) in [6, 6.07) is -0.285. The third-order valence-corrected chi connectivity index (χ3v) is 5.16. The molecule has 0 heterocycles. The van der Waals surface area contributed by atoms with E-state index >= 15 is 0 Å². The normalized spacial score (nSPS) is 10.8. The SMILES string of the molecule is CCC[Si](C(=O)O)(C(=O)O)C(=O)O. The van der Waals surface area contributed by atoms with Gasteiger partial charge < -0.3 is 15.3 Å². The van der Waals surface area contributed by atoms with E-state index in [2.05, 4.69) is 0 Å². The predicted molar refractivity (Wildman–Crippen MR) is 44.9 cm³/mol. The van der Waals surface area contributed by atoms with Crippen molar-refractivity contribution in [3.05, 3.63) is 0 Å². The molecule has 74 valence electrons. The topological polar surface area (TPSA) is 112 Å². The summed E-state index contributed by atoms with van der Waals surface area (Å²) in [7, 11) is -4.28. The van der Waals surface area contributed by atoms with Crippen molar-refractivity contribution in [2.45, 2.75) is 19.4 Å². The molecule has 0 aromatic rings. The Balaban J connectivity index is 5.18. The molecule has 0 aliphatic carbocycles. The van der Waals surface area contributed by atoms with Crippen molar-refractivity contribution in [2.24, 2.45) is 0 Å². The van der Waals surface area contributed by atoms with E-state index in [1.54, 1.807) is 6.92 Å². The minimum Gasteiger partial charge on any atom is -0.485 e. The van der Waals surface area contributed by atoms with Gasteiger partial charge in [-0.05, 0) is 6.04 Å². The number of carboxylic acid groups (broad SMARTS) is 3. The molecule has 0 saturated carbocycles. The van der Waals surface area contributed by atoms with Crippen LogP contribution in [0.4, 0.5) is 14.4 Å². The van der Waals surface area contributed by atoms with Gasteiger partial charge in [-0.25, -0.2) is 0 Å². The van der Waals surface area contributed by atoms with E-state index in [9.17, 15) is 14.4 Å². The number of carbonyl (C=O) groups is 3. The Bertz CT molecular complexity index is 211. The first-order valence-electron chi connectivity index (χ1n) is 3.59. The van der Waals surface area contributed by atoms with Crippen LogP contribution in [0.1, 0.15) is 13.3 Å². The summed E-state index contributed by atoms with van der Waals surface area (Å²) in [5.74, 6) is 0. The molecule has 0 radical (unpaired) electrons. The second-order valence-corrected chi connectivity index (χ2v) is 6.16. The van der Waals surface area contributed by atoms with Crippen LogP contribution in [0.3, 0.4) is 0 Å². The summed E-state index contributed by atoms with van der Waals surface area (Å²) in [6.07, 6.45) is 0.233. The summed E-state index contributed by atoms with van der Waals surface area (Å²) >= 11 is 0. The van der Waals surface area contributed by atoms with Crippen LogP contribution >= 0.6 is 0 Å². The van der Waals surface area contributed by atoms with Crippen molar-refractivity contribution in [1.82, 2.24) is 0 Å². The van der Waals surface area contributed by atoms with Crippen molar-refractivity contribution in [3.63, 3.8) is 0 Å². The molecular formula is C6H10O6Si. The van der Waals surface area contributed by atoms with Crippen LogP contribution in [0.15, 0.2) is 0 Å². The molecular weight excluding hydrogens is 196 g/mol. The Morgan fingerprint density at radius 1 is 1.00 bits per heavy atom. The second kappa shape index (κ2) is 4.03. The van der Waals surface area contributed by atoms with Crippen LogP contribution < -0.4 is 0 Å². The highest BCUT2D eigenvalue weighted by Gasteiger charge is 2.58. The predicted octanol–water partition coefficient (Wildman–Crippen LogP) is 1.62. The Morgan fingerprint density at radius 3 is 1.38 bits per heavy atom. The lowest BCUT2D eigenvalue weighted by Gasteiger charge is -2.14. The van der Waals surface area contributed by atoms with E-state index in [4.69, 9.17) is 15.3 Å². The lowest BCUT2D eigenvalue weighted by atomic mass is 10.6. The van der Waals surface area contributed by atoms with Crippen LogP contribution in [0.2, 0.25) is 6.04 Å². The minimum atomic E-state index is -4.28. The van der Waals surface area contributed by atoms with Gasteiger partial charge in [0.2, 0.25) is 0 Å². The summed E-state index contributed by atoms with van der Waals surface area (Å²) in [5, 5.41) is 25.8. The van der Waals surface area contributed by atoms with Gasteiger partial charge in [0.15, 0.2) is 0 Å². The number of hydrogen-bond acceptors (Lipinski definition) is 3. The summed E-state index contributed by atoms with van der Waals surface area (Å²) in [6.45, 7) is 1.55. The zero-order chi connectivity index (χ0) is 10.6. The van der Waals surface area contributed by atoms with E-state index < -0.39 is 24.9 Å². The Kier molecular flexibility index (Phi) is 3.61. The van der Waals surface area contributed by atoms with Gasteiger partial charge in [-0.3, -0.25) is 14.4 Å². The summed E-state index contributed by atoms with van der Waals surface area (Å²) in [5.41, 5.74) is -5.10. The van der Waals surface area contributed by atoms with Crippen molar-refractivity contribution >= 4 is 24.9 Å². The first-order chi connectivity index (χ1) is 5.89. The molecule has 0 atom stereocenters. The van der Waals surface area contributed by atoms with E-state index in [0.29, 0.717) is 0 Å². The van der Waals surface area contributed by atoms with Crippen molar-refractivity contribution < 1.29 is 29.7 Å². The molecule has 3 N–H and O–H groups in total. The molecule has 0 amide bonds. The first-order valence-corrected chi connectivity index (χ1v) is 5.80. The molecule has 0 saturated heterocycles. The summed E-state index contributed by atoms with van der Waals surface area (Å²) in [4.78, 5) is 31.8. The van der Waals surface area contributed by atoms with Crippen molar-refractivity contribution in [3.8, 4) is 0 Å². The van der Waals surface area contributed by atoms with E-state index in [-0.39, 0.29) is 12.5 Å². The van der Waals surface area contributed by atoms with Gasteiger partial charge in [0.05, 0.1) is 0 Å². The maximum absolute atomic E-state index is 10.6. The van der Waals surface area contributed by atoms with Crippen LogP contribution in [-0.2, 0) is 0 Å². The largest absolute Gasteiger partial charge is 0.485 e. The molecule has 13 heavy (non-hydrogen) atoms. The number of hydrogen-bond donors (Lipinski definition) is 3. The highest BCUT2D eigenvalue weighted by atomic mass is 28.3. The Labute approximate surface area is 74.8 Å². The summed E-state index contributed by atoms with van der Waals surface area (Å²) < 4.78 is 0. The molecule has 0 aromatic carbocycles. The number of rotatable bonds is 5. The molecule has 7 heteroatoms. The zero-order valence-corrected chi connectivity index (χ0v) is 7.98. The minimum absolute atomic E-state index is 0.233. The fourth-order valence-corrected chi connectivity index (χ4v) is 2.91. The molecule has 0 unspecified atom stereocenters. The lowest BCUT2D eigenvalue weighted by Crippen LogP contribution is -2.57. The highest BCUT2D eigenvalue weighted by Crippen LogP contribution is 2.16. The van der Waals surface area contributed by atoms with Gasteiger partial charge in [-0.1, -0.05) is 13.3 Å². The molecule has 0 aromatic heterocycles. The standard InChI is InChI=1S/C6H10O6Si/c1-2-3-13(4(7)8,5(9)10)6(11)12/h2-3H2,1H3,(H,7,8)(H,9,10)(H,11,12). The zero-order valence-electron chi connectivity index (χ0n) is 6.98. The Hall–Kier alpha value is -1.37. The third kappa shape index (κ3) is 1.86. The van der Waals surface area contributed by atoms with Crippen LogP contribution in [0, 0.1) is 0 Å². The molecule has 0 bridgehead atoms. The molecule has 0 aliphatic heterocycles. The second-order valence-electron chi connectivity index (χ2n) is 2.57. The van der Waals surface area contributed by atoms with Crippen LogP contribution in [0.25, 0.3) is 0 Å². The lowest BCUT2D eigenvalue weighted by molar-refractivity contribution is 0.201. The molecule has 0 aliphatic rings. The van der Waals surface area contributed by atoms with Gasteiger partial charge in [0.25, 0.3) is 16.8 Å². The monoisotopic (exact) mass is 206 g/mol.